The van der Waals surface area contributed by atoms with Crippen molar-refractivity contribution in [3.05, 3.63) is 16.1 Å². The number of amides is 1. The van der Waals surface area contributed by atoms with Crippen LogP contribution < -0.4 is 0 Å². The van der Waals surface area contributed by atoms with Gasteiger partial charge in [0, 0.05) is 24.5 Å². The molecule has 1 aliphatic rings. The number of thiazole rings is 1. The molecule has 104 valence electrons. The van der Waals surface area contributed by atoms with Crippen molar-refractivity contribution in [2.75, 3.05) is 27.2 Å². The zero-order valence-electron chi connectivity index (χ0n) is 11.2. The number of aromatic carboxylic acids is 1. The second kappa shape index (κ2) is 5.26. The van der Waals surface area contributed by atoms with Crippen molar-refractivity contribution in [3.63, 3.8) is 0 Å². The summed E-state index contributed by atoms with van der Waals surface area (Å²) in [5, 5.41) is 10.3. The number of carbonyl (C=O) groups excluding carboxylic acids is 1. The Bertz CT molecular complexity index is 500. The van der Waals surface area contributed by atoms with Crippen LogP contribution in [0.3, 0.4) is 0 Å². The van der Waals surface area contributed by atoms with Crippen LogP contribution in [-0.2, 0) is 0 Å². The third-order valence-corrected chi connectivity index (χ3v) is 4.26. The highest BCUT2D eigenvalue weighted by atomic mass is 32.1. The van der Waals surface area contributed by atoms with Crippen LogP contribution in [0.2, 0.25) is 0 Å². The molecule has 0 aliphatic carbocycles. The van der Waals surface area contributed by atoms with Crippen LogP contribution in [0.5, 0.6) is 0 Å². The van der Waals surface area contributed by atoms with Gasteiger partial charge in [0.1, 0.15) is 5.69 Å². The monoisotopic (exact) mass is 283 g/mol. The van der Waals surface area contributed by atoms with Crippen LogP contribution in [0.4, 0.5) is 0 Å². The summed E-state index contributed by atoms with van der Waals surface area (Å²) in [6.45, 7) is 3.45. The average Bonchev–Trinajstić information content (AvgIpc) is 2.94. The zero-order valence-corrected chi connectivity index (χ0v) is 12.0. The molecule has 0 aromatic carbocycles. The maximum absolute atomic E-state index is 12.3. The predicted octanol–water partition coefficient (Wildman–Crippen LogP) is 0.863. The molecule has 1 N–H and O–H groups in total. The molecule has 0 saturated carbocycles. The number of likely N-dealkylation sites (tertiary alicyclic amines) is 1. The van der Waals surface area contributed by atoms with Gasteiger partial charge in [0.05, 0.1) is 0 Å². The lowest BCUT2D eigenvalue weighted by Gasteiger charge is -2.22. The molecule has 1 aromatic rings. The van der Waals surface area contributed by atoms with Crippen LogP contribution in [0, 0.1) is 5.92 Å². The normalized spacial score (nSPS) is 23.1. The van der Waals surface area contributed by atoms with E-state index in [0.29, 0.717) is 25.0 Å². The molecular formula is C12H17N3O3S. The van der Waals surface area contributed by atoms with Crippen LogP contribution in [0.15, 0.2) is 5.38 Å². The molecule has 0 radical (unpaired) electrons. The molecule has 2 heterocycles. The summed E-state index contributed by atoms with van der Waals surface area (Å²) in [6.07, 6.45) is 0. The molecule has 19 heavy (non-hydrogen) atoms. The van der Waals surface area contributed by atoms with E-state index in [9.17, 15) is 9.59 Å². The Balaban J connectivity index is 2.10. The van der Waals surface area contributed by atoms with Crippen molar-refractivity contribution in [3.8, 4) is 0 Å². The van der Waals surface area contributed by atoms with Crippen LogP contribution in [-0.4, -0.2) is 65.0 Å². The molecule has 1 aromatic heterocycles. The minimum Gasteiger partial charge on any atom is -0.476 e. The van der Waals surface area contributed by atoms with Crippen molar-refractivity contribution in [1.82, 2.24) is 14.8 Å². The lowest BCUT2D eigenvalue weighted by molar-refractivity contribution is 0.0696. The highest BCUT2D eigenvalue weighted by Gasteiger charge is 2.34. The number of hydrogen-bond acceptors (Lipinski definition) is 5. The molecule has 0 spiro atoms. The Hall–Kier alpha value is -1.47. The van der Waals surface area contributed by atoms with E-state index in [2.05, 4.69) is 16.8 Å². The van der Waals surface area contributed by atoms with Crippen LogP contribution in [0.1, 0.15) is 27.2 Å². The molecule has 0 bridgehead atoms. The third-order valence-electron chi connectivity index (χ3n) is 3.43. The first-order valence-electron chi connectivity index (χ1n) is 6.04. The van der Waals surface area contributed by atoms with E-state index < -0.39 is 5.97 Å². The highest BCUT2D eigenvalue weighted by Crippen LogP contribution is 2.22. The minimum absolute atomic E-state index is 0.0419. The van der Waals surface area contributed by atoms with Gasteiger partial charge < -0.3 is 14.9 Å². The number of carbonyl (C=O) groups is 2. The quantitative estimate of drug-likeness (QED) is 0.890. The van der Waals surface area contributed by atoms with E-state index in [0.717, 1.165) is 11.3 Å². The van der Waals surface area contributed by atoms with Gasteiger partial charge in [0.25, 0.3) is 5.91 Å². The van der Waals surface area contributed by atoms with Gasteiger partial charge in [-0.1, -0.05) is 6.92 Å². The summed E-state index contributed by atoms with van der Waals surface area (Å²) in [6, 6.07) is 0.335. The van der Waals surface area contributed by atoms with Crippen molar-refractivity contribution in [1.29, 1.82) is 0 Å². The topological polar surface area (TPSA) is 73.7 Å². The summed E-state index contributed by atoms with van der Waals surface area (Å²) in [7, 11) is 4.00. The first kappa shape index (κ1) is 14.0. The fraction of sp³-hybridized carbons (Fsp3) is 0.583. The summed E-state index contributed by atoms with van der Waals surface area (Å²) in [5.41, 5.74) is 0.231. The van der Waals surface area contributed by atoms with E-state index in [4.69, 9.17) is 5.11 Å². The SMILES string of the molecule is CC1CN(C(=O)c2csc(C(=O)O)n2)CC1N(C)C. The molecule has 1 aliphatic heterocycles. The number of likely N-dealkylation sites (N-methyl/N-ethyl adjacent to an activating group) is 1. The number of carboxylic acid groups (broad SMARTS) is 1. The molecule has 1 amide bonds. The zero-order chi connectivity index (χ0) is 14.2. The first-order valence-corrected chi connectivity index (χ1v) is 6.92. The van der Waals surface area contributed by atoms with Gasteiger partial charge in [-0.25, -0.2) is 9.78 Å². The third kappa shape index (κ3) is 2.76. The Labute approximate surface area is 115 Å². The average molecular weight is 283 g/mol. The summed E-state index contributed by atoms with van der Waals surface area (Å²) < 4.78 is 0. The molecule has 1 saturated heterocycles. The fourth-order valence-corrected chi connectivity index (χ4v) is 3.05. The van der Waals surface area contributed by atoms with Crippen molar-refractivity contribution in [2.24, 2.45) is 5.92 Å². The lowest BCUT2D eigenvalue weighted by atomic mass is 10.1. The van der Waals surface area contributed by atoms with Crippen molar-refractivity contribution < 1.29 is 14.7 Å². The molecule has 2 rings (SSSR count). The second-order valence-electron chi connectivity index (χ2n) is 5.06. The standard InChI is InChI=1S/C12H17N3O3S/c1-7-4-15(5-9(7)14(2)3)11(16)8-6-19-10(13-8)12(17)18/h6-7,9H,4-5H2,1-3H3,(H,17,18). The number of rotatable bonds is 3. The van der Waals surface area contributed by atoms with Gasteiger partial charge in [0.15, 0.2) is 0 Å². The van der Waals surface area contributed by atoms with Gasteiger partial charge in [-0.2, -0.15) is 0 Å². The van der Waals surface area contributed by atoms with Crippen LogP contribution in [0.25, 0.3) is 0 Å². The molecule has 2 unspecified atom stereocenters. The Morgan fingerprint density at radius 1 is 1.47 bits per heavy atom. The number of aromatic nitrogens is 1. The fourth-order valence-electron chi connectivity index (χ4n) is 2.42. The van der Waals surface area contributed by atoms with Gasteiger partial charge in [-0.15, -0.1) is 11.3 Å². The smallest absolute Gasteiger partial charge is 0.365 e. The van der Waals surface area contributed by atoms with E-state index in [1.807, 2.05) is 14.1 Å². The summed E-state index contributed by atoms with van der Waals surface area (Å²) in [4.78, 5) is 30.7. The Kier molecular flexibility index (Phi) is 3.86. The first-order chi connectivity index (χ1) is 8.90. The largest absolute Gasteiger partial charge is 0.476 e. The number of carboxylic acids is 1. The van der Waals surface area contributed by atoms with Crippen LogP contribution >= 0.6 is 11.3 Å². The predicted molar refractivity (Wildman–Crippen MR) is 71.6 cm³/mol. The highest BCUT2D eigenvalue weighted by molar-refractivity contribution is 7.11. The minimum atomic E-state index is -1.09. The summed E-state index contributed by atoms with van der Waals surface area (Å²) in [5.74, 6) is -0.874. The van der Waals surface area contributed by atoms with Gasteiger partial charge >= 0.3 is 5.97 Å². The van der Waals surface area contributed by atoms with Crippen molar-refractivity contribution in [2.45, 2.75) is 13.0 Å². The Morgan fingerprint density at radius 2 is 2.16 bits per heavy atom. The molecular weight excluding hydrogens is 266 g/mol. The summed E-state index contributed by atoms with van der Waals surface area (Å²) >= 11 is 0.984. The van der Waals surface area contributed by atoms with E-state index in [-0.39, 0.29) is 16.6 Å². The second-order valence-corrected chi connectivity index (χ2v) is 5.92. The maximum Gasteiger partial charge on any atom is 0.365 e. The van der Waals surface area contributed by atoms with Gasteiger partial charge in [-0.3, -0.25) is 4.79 Å². The number of hydrogen-bond donors (Lipinski definition) is 1. The van der Waals surface area contributed by atoms with E-state index >= 15 is 0 Å². The molecule has 1 fully saturated rings. The van der Waals surface area contributed by atoms with E-state index in [1.54, 1.807) is 4.90 Å². The lowest BCUT2D eigenvalue weighted by Crippen LogP contribution is -2.35. The van der Waals surface area contributed by atoms with Gasteiger partial charge in [0.2, 0.25) is 5.01 Å². The molecule has 6 nitrogen and oxygen atoms in total. The van der Waals surface area contributed by atoms with Crippen molar-refractivity contribution >= 4 is 23.2 Å². The molecule has 2 atom stereocenters. The van der Waals surface area contributed by atoms with E-state index in [1.165, 1.54) is 5.38 Å². The molecule has 7 heteroatoms. The van der Waals surface area contributed by atoms with Gasteiger partial charge in [-0.05, 0) is 20.0 Å². The number of nitrogens with zero attached hydrogens (tertiary/aromatic N) is 3. The maximum atomic E-state index is 12.3. The Morgan fingerprint density at radius 3 is 2.63 bits per heavy atom.